The zero-order chi connectivity index (χ0) is 14.4. The van der Waals surface area contributed by atoms with Crippen LogP contribution in [0.4, 0.5) is 4.20 Å². The van der Waals surface area contributed by atoms with Crippen molar-refractivity contribution in [3.63, 3.8) is 0 Å². The summed E-state index contributed by atoms with van der Waals surface area (Å²) in [5.41, 5.74) is 6.50. The summed E-state index contributed by atoms with van der Waals surface area (Å²) in [4.78, 5) is 0. The number of hydrogen-bond donors (Lipinski definition) is 2. The van der Waals surface area contributed by atoms with Gasteiger partial charge in [0.15, 0.2) is 0 Å². The standard InChI is InChI=1S/C10H32FN2PSi3/c1-15(2,3)10-13-14(11,12,16(4,5)6)17(7,8)9/h13H,10,12H2,1-9H3. The molecule has 106 valence electrons. The van der Waals surface area contributed by atoms with Gasteiger partial charge in [0.25, 0.3) is 0 Å². The number of halogens is 1. The topological polar surface area (TPSA) is 38.0 Å². The van der Waals surface area contributed by atoms with Crippen LogP contribution in [0.2, 0.25) is 58.9 Å². The first-order chi connectivity index (χ1) is 7.01. The molecule has 0 radical (unpaired) electrons. The van der Waals surface area contributed by atoms with Gasteiger partial charge in [-0.3, -0.25) is 0 Å². The molecular weight excluding hydrogens is 282 g/mol. The molecule has 0 aromatic rings. The van der Waals surface area contributed by atoms with Gasteiger partial charge < -0.3 is 0 Å². The Morgan fingerprint density at radius 2 is 1.18 bits per heavy atom. The summed E-state index contributed by atoms with van der Waals surface area (Å²) in [5.74, 6) is 0. The van der Waals surface area contributed by atoms with Crippen molar-refractivity contribution in [3.05, 3.63) is 0 Å². The molecule has 0 spiro atoms. The molecule has 0 aliphatic rings. The van der Waals surface area contributed by atoms with Gasteiger partial charge in [0, 0.05) is 0 Å². The fourth-order valence-corrected chi connectivity index (χ4v) is 36.4. The molecule has 0 unspecified atom stereocenters. The molecule has 0 aliphatic carbocycles. The van der Waals surface area contributed by atoms with E-state index >= 15 is 4.20 Å². The summed E-state index contributed by atoms with van der Waals surface area (Å²) in [5, 5.41) is 3.32. The van der Waals surface area contributed by atoms with Crippen LogP contribution in [0.5, 0.6) is 0 Å². The minimum atomic E-state index is -3.69. The van der Waals surface area contributed by atoms with Gasteiger partial charge in [-0.2, -0.15) is 0 Å². The molecule has 0 aromatic carbocycles. The third-order valence-electron chi connectivity index (χ3n) is 3.54. The average Bonchev–Trinajstić information content (AvgIpc) is 1.95. The van der Waals surface area contributed by atoms with Crippen LogP contribution in [0.15, 0.2) is 0 Å². The van der Waals surface area contributed by atoms with Gasteiger partial charge in [-0.05, 0) is 0 Å². The van der Waals surface area contributed by atoms with E-state index in [2.05, 4.69) is 64.0 Å². The molecule has 0 aliphatic heterocycles. The Morgan fingerprint density at radius 3 is 1.35 bits per heavy atom. The van der Waals surface area contributed by atoms with Crippen LogP contribution in [-0.4, -0.2) is 29.7 Å². The molecule has 0 saturated carbocycles. The molecule has 0 fully saturated rings. The third-order valence-corrected chi connectivity index (χ3v) is 39.9. The Labute approximate surface area is 110 Å². The first kappa shape index (κ1) is 17.9. The van der Waals surface area contributed by atoms with Gasteiger partial charge >= 0.3 is 110 Å². The monoisotopic (exact) mass is 314 g/mol. The molecule has 0 saturated heterocycles. The summed E-state index contributed by atoms with van der Waals surface area (Å²) in [7, 11) is -5.44. The van der Waals surface area contributed by atoms with Crippen LogP contribution >= 0.6 is 6.31 Å². The number of rotatable bonds is 5. The van der Waals surface area contributed by atoms with E-state index in [1.54, 1.807) is 0 Å². The SMILES string of the molecule is C[Si](C)(C)CNP(N)(F)([Si](C)(C)C)[Si](C)(C)C. The van der Waals surface area contributed by atoms with Crippen LogP contribution in [0.3, 0.4) is 0 Å². The van der Waals surface area contributed by atoms with Crippen LogP contribution in [-0.2, 0) is 0 Å². The number of hydrogen-bond acceptors (Lipinski definition) is 2. The van der Waals surface area contributed by atoms with Crippen molar-refractivity contribution < 1.29 is 4.20 Å². The third kappa shape index (κ3) is 3.48. The Bertz CT molecular complexity index is 271. The summed E-state index contributed by atoms with van der Waals surface area (Å²) in [6, 6.07) is 0. The second-order valence-electron chi connectivity index (χ2n) is 8.31. The first-order valence-corrected chi connectivity index (χ1v) is 20.9. The Kier molecular flexibility index (Phi) is 4.74. The molecule has 0 bridgehead atoms. The Hall–Kier alpha value is 0.931. The van der Waals surface area contributed by atoms with Crippen LogP contribution in [0.1, 0.15) is 0 Å². The molecule has 2 nitrogen and oxygen atoms in total. The second-order valence-corrected chi connectivity index (χ2v) is 39.6. The summed E-state index contributed by atoms with van der Waals surface area (Å²) < 4.78 is 16.0. The summed E-state index contributed by atoms with van der Waals surface area (Å²) >= 11 is 0. The van der Waals surface area contributed by atoms with Crippen molar-refractivity contribution in [2.45, 2.75) is 58.9 Å². The van der Waals surface area contributed by atoms with E-state index in [1.165, 1.54) is 0 Å². The molecule has 3 N–H and O–H groups in total. The fourth-order valence-electron chi connectivity index (χ4n) is 1.87. The van der Waals surface area contributed by atoms with Crippen LogP contribution < -0.4 is 10.6 Å². The van der Waals surface area contributed by atoms with Crippen molar-refractivity contribution >= 4 is 29.9 Å². The second kappa shape index (κ2) is 4.49. The van der Waals surface area contributed by atoms with Crippen molar-refractivity contribution in [2.75, 3.05) is 6.17 Å². The molecular formula is C10H32FN2PSi3. The van der Waals surface area contributed by atoms with E-state index in [1.807, 2.05) is 0 Å². The van der Waals surface area contributed by atoms with E-state index in [0.29, 0.717) is 0 Å². The van der Waals surface area contributed by atoms with Crippen molar-refractivity contribution in [1.29, 1.82) is 0 Å². The average molecular weight is 315 g/mol. The van der Waals surface area contributed by atoms with Gasteiger partial charge in [0.05, 0.1) is 0 Å². The van der Waals surface area contributed by atoms with Crippen molar-refractivity contribution in [3.8, 4) is 0 Å². The van der Waals surface area contributed by atoms with E-state index in [0.717, 1.165) is 6.17 Å². The molecule has 7 heteroatoms. The van der Waals surface area contributed by atoms with Gasteiger partial charge in [-0.25, -0.2) is 0 Å². The quantitative estimate of drug-likeness (QED) is 0.585. The fraction of sp³-hybridized carbons (Fsp3) is 1.00. The van der Waals surface area contributed by atoms with Gasteiger partial charge in [0.2, 0.25) is 0 Å². The zero-order valence-corrected chi connectivity index (χ0v) is 17.0. The van der Waals surface area contributed by atoms with E-state index in [-0.39, 0.29) is 0 Å². The van der Waals surface area contributed by atoms with Crippen molar-refractivity contribution in [2.24, 2.45) is 5.50 Å². The maximum atomic E-state index is 16.0. The first-order valence-electron chi connectivity index (χ1n) is 6.31. The van der Waals surface area contributed by atoms with Gasteiger partial charge in [0.1, 0.15) is 0 Å². The van der Waals surface area contributed by atoms with Gasteiger partial charge in [-0.1, -0.05) is 0 Å². The minimum absolute atomic E-state index is 0.798. The van der Waals surface area contributed by atoms with Crippen molar-refractivity contribution in [1.82, 2.24) is 5.09 Å². The normalized spacial score (nSPS) is 17.7. The zero-order valence-electron chi connectivity index (χ0n) is 13.1. The number of nitrogens with two attached hydrogens (primary N) is 1. The Balaban J connectivity index is 5.45. The molecule has 0 heterocycles. The summed E-state index contributed by atoms with van der Waals surface area (Å²) in [6.45, 7) is 19.3. The van der Waals surface area contributed by atoms with E-state index < -0.39 is 29.9 Å². The van der Waals surface area contributed by atoms with E-state index in [4.69, 9.17) is 5.50 Å². The van der Waals surface area contributed by atoms with E-state index in [9.17, 15) is 0 Å². The predicted molar refractivity (Wildman–Crippen MR) is 90.3 cm³/mol. The maximum absolute atomic E-state index is 16.0. The van der Waals surface area contributed by atoms with Crippen LogP contribution in [0, 0.1) is 0 Å². The molecule has 0 aromatic heterocycles. The molecule has 0 rings (SSSR count). The Morgan fingerprint density at radius 1 is 0.882 bits per heavy atom. The van der Waals surface area contributed by atoms with Gasteiger partial charge in [-0.15, -0.1) is 0 Å². The molecule has 0 amide bonds. The summed E-state index contributed by atoms with van der Waals surface area (Å²) in [6.07, 6.45) is -2.89. The number of nitrogens with one attached hydrogen (secondary N) is 1. The predicted octanol–water partition coefficient (Wildman–Crippen LogP) is 4.35. The molecule has 17 heavy (non-hydrogen) atoms. The van der Waals surface area contributed by atoms with Crippen LogP contribution in [0.25, 0.3) is 0 Å². The molecule has 0 atom stereocenters.